The smallest absolute Gasteiger partial charge is 0.0803 e. The highest BCUT2D eigenvalue weighted by Crippen LogP contribution is 2.36. The summed E-state index contributed by atoms with van der Waals surface area (Å²) < 4.78 is 0. The van der Waals surface area contributed by atoms with E-state index >= 15 is 0 Å². The highest BCUT2D eigenvalue weighted by atomic mass is 16.3. The fraction of sp³-hybridized carbons (Fsp3) is 1.00. The summed E-state index contributed by atoms with van der Waals surface area (Å²) in [4.78, 5) is 0. The van der Waals surface area contributed by atoms with Gasteiger partial charge in [-0.1, -0.05) is 40.0 Å². The third kappa shape index (κ3) is 2.44. The van der Waals surface area contributed by atoms with Gasteiger partial charge in [0.05, 0.1) is 5.60 Å². The molecule has 0 aromatic carbocycles. The molecular formula is C11H23NO. The number of aliphatic hydroxyl groups is 1. The fourth-order valence-electron chi connectivity index (χ4n) is 2.28. The molecule has 78 valence electrons. The van der Waals surface area contributed by atoms with Crippen molar-refractivity contribution >= 4 is 0 Å². The molecule has 1 rings (SSSR count). The van der Waals surface area contributed by atoms with E-state index < -0.39 is 5.60 Å². The van der Waals surface area contributed by atoms with Crippen LogP contribution in [0.2, 0.25) is 0 Å². The standard InChI is InChI=1S/C11H23NO/c1-10(2,3)9(12)11(13)7-5-4-6-8-11/h9,13H,4-8,12H2,1-3H3/t9-/m1/s1. The van der Waals surface area contributed by atoms with Gasteiger partial charge in [0.15, 0.2) is 0 Å². The van der Waals surface area contributed by atoms with Crippen LogP contribution in [0.3, 0.4) is 0 Å². The Morgan fingerprint density at radius 1 is 1.15 bits per heavy atom. The molecule has 0 bridgehead atoms. The highest BCUT2D eigenvalue weighted by Gasteiger charge is 2.41. The minimum Gasteiger partial charge on any atom is -0.388 e. The van der Waals surface area contributed by atoms with Crippen LogP contribution in [0.25, 0.3) is 0 Å². The number of hydrogen-bond acceptors (Lipinski definition) is 2. The van der Waals surface area contributed by atoms with Gasteiger partial charge in [-0.05, 0) is 18.3 Å². The average molecular weight is 185 g/mol. The summed E-state index contributed by atoms with van der Waals surface area (Å²) >= 11 is 0. The van der Waals surface area contributed by atoms with E-state index in [4.69, 9.17) is 5.73 Å². The van der Waals surface area contributed by atoms with Crippen molar-refractivity contribution in [2.75, 3.05) is 0 Å². The molecule has 0 saturated heterocycles. The van der Waals surface area contributed by atoms with E-state index in [0.717, 1.165) is 25.7 Å². The van der Waals surface area contributed by atoms with E-state index in [9.17, 15) is 5.11 Å². The molecule has 1 aliphatic rings. The molecule has 0 radical (unpaired) electrons. The Morgan fingerprint density at radius 2 is 1.62 bits per heavy atom. The topological polar surface area (TPSA) is 46.2 Å². The maximum Gasteiger partial charge on any atom is 0.0803 e. The zero-order chi connectivity index (χ0) is 10.1. The van der Waals surface area contributed by atoms with Gasteiger partial charge in [0.2, 0.25) is 0 Å². The first-order valence-electron chi connectivity index (χ1n) is 5.34. The fourth-order valence-corrected chi connectivity index (χ4v) is 2.28. The molecule has 1 saturated carbocycles. The molecule has 0 aromatic rings. The van der Waals surface area contributed by atoms with Gasteiger partial charge in [0.1, 0.15) is 0 Å². The number of hydrogen-bond donors (Lipinski definition) is 2. The molecule has 1 aliphatic carbocycles. The number of rotatable bonds is 1. The lowest BCUT2D eigenvalue weighted by atomic mass is 9.70. The Hall–Kier alpha value is -0.0800. The summed E-state index contributed by atoms with van der Waals surface area (Å²) in [6, 6.07) is -0.0969. The monoisotopic (exact) mass is 185 g/mol. The van der Waals surface area contributed by atoms with Crippen molar-refractivity contribution in [3.63, 3.8) is 0 Å². The van der Waals surface area contributed by atoms with E-state index in [1.54, 1.807) is 0 Å². The summed E-state index contributed by atoms with van der Waals surface area (Å²) in [5.41, 5.74) is 5.52. The van der Waals surface area contributed by atoms with Crippen LogP contribution in [0.4, 0.5) is 0 Å². The third-order valence-electron chi connectivity index (χ3n) is 3.23. The summed E-state index contributed by atoms with van der Waals surface area (Å²) in [7, 11) is 0. The van der Waals surface area contributed by atoms with Crippen LogP contribution in [0.15, 0.2) is 0 Å². The van der Waals surface area contributed by atoms with Crippen LogP contribution < -0.4 is 5.73 Å². The predicted molar refractivity (Wildman–Crippen MR) is 55.5 cm³/mol. The van der Waals surface area contributed by atoms with E-state index in [0.29, 0.717) is 0 Å². The quantitative estimate of drug-likeness (QED) is 0.657. The maximum atomic E-state index is 10.4. The largest absolute Gasteiger partial charge is 0.388 e. The Kier molecular flexibility index (Phi) is 3.03. The minimum atomic E-state index is -0.601. The van der Waals surface area contributed by atoms with Gasteiger partial charge in [-0.2, -0.15) is 0 Å². The molecule has 0 aliphatic heterocycles. The first-order valence-corrected chi connectivity index (χ1v) is 5.34. The van der Waals surface area contributed by atoms with Crippen molar-refractivity contribution in [3.8, 4) is 0 Å². The van der Waals surface area contributed by atoms with Crippen LogP contribution in [-0.2, 0) is 0 Å². The van der Waals surface area contributed by atoms with Gasteiger partial charge in [-0.15, -0.1) is 0 Å². The Labute approximate surface area is 81.5 Å². The van der Waals surface area contributed by atoms with Crippen LogP contribution >= 0.6 is 0 Å². The molecule has 2 nitrogen and oxygen atoms in total. The van der Waals surface area contributed by atoms with E-state index in [1.807, 2.05) is 0 Å². The second-order valence-electron chi connectivity index (χ2n) is 5.51. The zero-order valence-electron chi connectivity index (χ0n) is 9.14. The molecule has 0 unspecified atom stereocenters. The first-order chi connectivity index (χ1) is 5.86. The molecule has 3 N–H and O–H groups in total. The van der Waals surface area contributed by atoms with Crippen molar-refractivity contribution in [2.24, 2.45) is 11.1 Å². The highest BCUT2D eigenvalue weighted by molar-refractivity contribution is 4.97. The predicted octanol–water partition coefficient (Wildman–Crippen LogP) is 2.05. The summed E-state index contributed by atoms with van der Waals surface area (Å²) in [5.74, 6) is 0. The second kappa shape index (κ2) is 3.58. The molecule has 1 atom stereocenters. The minimum absolute atomic E-state index is 0.00604. The van der Waals surface area contributed by atoms with Crippen molar-refractivity contribution in [2.45, 2.75) is 64.5 Å². The molecule has 0 amide bonds. The molecule has 1 fully saturated rings. The molecule has 0 heterocycles. The molecular weight excluding hydrogens is 162 g/mol. The average Bonchev–Trinajstić information content (AvgIpc) is 2.03. The summed E-state index contributed by atoms with van der Waals surface area (Å²) in [6.07, 6.45) is 5.26. The summed E-state index contributed by atoms with van der Waals surface area (Å²) in [6.45, 7) is 6.30. The van der Waals surface area contributed by atoms with E-state index in [1.165, 1.54) is 6.42 Å². The lowest BCUT2D eigenvalue weighted by Crippen LogP contribution is -2.55. The van der Waals surface area contributed by atoms with Crippen LogP contribution in [-0.4, -0.2) is 16.7 Å². The summed E-state index contributed by atoms with van der Waals surface area (Å²) in [5, 5.41) is 10.4. The van der Waals surface area contributed by atoms with Crippen molar-refractivity contribution in [3.05, 3.63) is 0 Å². The number of nitrogens with two attached hydrogens (primary N) is 1. The van der Waals surface area contributed by atoms with Crippen LogP contribution in [0.5, 0.6) is 0 Å². The Bertz CT molecular complexity index is 165. The molecule has 0 aromatic heterocycles. The van der Waals surface area contributed by atoms with Crippen molar-refractivity contribution < 1.29 is 5.11 Å². The van der Waals surface area contributed by atoms with Gasteiger partial charge in [-0.3, -0.25) is 0 Å². The normalized spacial score (nSPS) is 25.6. The van der Waals surface area contributed by atoms with Crippen molar-refractivity contribution in [1.82, 2.24) is 0 Å². The molecule has 0 spiro atoms. The zero-order valence-corrected chi connectivity index (χ0v) is 9.14. The first kappa shape index (κ1) is 11.0. The van der Waals surface area contributed by atoms with Crippen molar-refractivity contribution in [1.29, 1.82) is 0 Å². The van der Waals surface area contributed by atoms with E-state index in [-0.39, 0.29) is 11.5 Å². The third-order valence-corrected chi connectivity index (χ3v) is 3.23. The lowest BCUT2D eigenvalue weighted by molar-refractivity contribution is -0.0488. The molecule has 13 heavy (non-hydrogen) atoms. The Morgan fingerprint density at radius 3 is 2.00 bits per heavy atom. The maximum absolute atomic E-state index is 10.4. The van der Waals surface area contributed by atoms with Gasteiger partial charge < -0.3 is 10.8 Å². The van der Waals surface area contributed by atoms with Crippen LogP contribution in [0.1, 0.15) is 52.9 Å². The van der Waals surface area contributed by atoms with E-state index in [2.05, 4.69) is 20.8 Å². The second-order valence-corrected chi connectivity index (χ2v) is 5.51. The Balaban J connectivity index is 2.67. The van der Waals surface area contributed by atoms with Gasteiger partial charge >= 0.3 is 0 Å². The van der Waals surface area contributed by atoms with Gasteiger partial charge in [0.25, 0.3) is 0 Å². The van der Waals surface area contributed by atoms with Crippen LogP contribution in [0, 0.1) is 5.41 Å². The SMILES string of the molecule is CC(C)(C)[C@@H](N)C1(O)CCCCC1. The van der Waals surface area contributed by atoms with Gasteiger partial charge in [-0.25, -0.2) is 0 Å². The molecule has 2 heteroatoms. The van der Waals surface area contributed by atoms with Gasteiger partial charge in [0, 0.05) is 6.04 Å². The lowest BCUT2D eigenvalue weighted by Gasteiger charge is -2.43.